The van der Waals surface area contributed by atoms with E-state index in [1.165, 1.54) is 17.7 Å². The van der Waals surface area contributed by atoms with E-state index in [0.29, 0.717) is 0 Å². The van der Waals surface area contributed by atoms with Gasteiger partial charge in [0.15, 0.2) is 0 Å². The second kappa shape index (κ2) is 4.74. The molecule has 17 heavy (non-hydrogen) atoms. The molecule has 4 heteroatoms. The molecule has 0 saturated heterocycles. The topological polar surface area (TPSA) is 55.5 Å². The van der Waals surface area contributed by atoms with Gasteiger partial charge in [0.1, 0.15) is 0 Å². The van der Waals surface area contributed by atoms with Crippen molar-refractivity contribution in [2.75, 3.05) is 0 Å². The van der Waals surface area contributed by atoms with Crippen LogP contribution in [0.25, 0.3) is 0 Å². The SMILES string of the molecule is CC(=Nc1ccc([N+](=O)[O-])cc1)C1=CC=CC1. The Morgan fingerprint density at radius 3 is 2.59 bits per heavy atom. The number of aliphatic imine (C=N–C) groups is 1. The molecule has 1 aromatic rings. The van der Waals surface area contributed by atoms with Crippen molar-refractivity contribution >= 4 is 17.1 Å². The number of hydrogen-bond acceptors (Lipinski definition) is 3. The summed E-state index contributed by atoms with van der Waals surface area (Å²) in [5.41, 5.74) is 2.96. The number of hydrogen-bond donors (Lipinski definition) is 0. The lowest BCUT2D eigenvalue weighted by molar-refractivity contribution is -0.384. The predicted octanol–water partition coefficient (Wildman–Crippen LogP) is 3.57. The lowest BCUT2D eigenvalue weighted by atomic mass is 10.1. The summed E-state index contributed by atoms with van der Waals surface area (Å²) >= 11 is 0. The highest BCUT2D eigenvalue weighted by Crippen LogP contribution is 2.20. The van der Waals surface area contributed by atoms with Crippen molar-refractivity contribution in [3.05, 3.63) is 58.2 Å². The normalized spacial score (nSPS) is 14.9. The number of nitro groups is 1. The Balaban J connectivity index is 2.18. The van der Waals surface area contributed by atoms with Gasteiger partial charge in [-0.3, -0.25) is 15.1 Å². The second-order valence-electron chi connectivity index (χ2n) is 3.79. The minimum Gasteiger partial charge on any atom is -0.258 e. The molecular formula is C13H12N2O2. The maximum Gasteiger partial charge on any atom is 0.269 e. The smallest absolute Gasteiger partial charge is 0.258 e. The molecule has 0 fully saturated rings. The van der Waals surface area contributed by atoms with Crippen LogP contribution in [0.3, 0.4) is 0 Å². The van der Waals surface area contributed by atoms with Crippen molar-refractivity contribution in [1.29, 1.82) is 0 Å². The molecule has 0 spiro atoms. The summed E-state index contributed by atoms with van der Waals surface area (Å²) in [6.07, 6.45) is 7.01. The van der Waals surface area contributed by atoms with E-state index in [2.05, 4.69) is 11.1 Å². The molecule has 4 nitrogen and oxygen atoms in total. The standard InChI is InChI=1S/C13H12N2O2/c1-10(11-4-2-3-5-11)14-12-6-8-13(9-7-12)15(16)17/h2-4,6-9H,5H2,1H3. The number of benzene rings is 1. The molecule has 86 valence electrons. The van der Waals surface area contributed by atoms with Crippen molar-refractivity contribution in [2.45, 2.75) is 13.3 Å². The van der Waals surface area contributed by atoms with Gasteiger partial charge < -0.3 is 0 Å². The van der Waals surface area contributed by atoms with E-state index in [-0.39, 0.29) is 5.69 Å². The Hall–Kier alpha value is -2.23. The molecule has 1 aromatic carbocycles. The van der Waals surface area contributed by atoms with Crippen LogP contribution < -0.4 is 0 Å². The summed E-state index contributed by atoms with van der Waals surface area (Å²) in [6.45, 7) is 1.94. The summed E-state index contributed by atoms with van der Waals surface area (Å²) in [5, 5.41) is 10.5. The van der Waals surface area contributed by atoms with Gasteiger partial charge in [-0.2, -0.15) is 0 Å². The highest BCUT2D eigenvalue weighted by Gasteiger charge is 2.05. The molecule has 0 saturated carbocycles. The van der Waals surface area contributed by atoms with E-state index in [0.717, 1.165) is 17.8 Å². The minimum absolute atomic E-state index is 0.0864. The van der Waals surface area contributed by atoms with Gasteiger partial charge in [0, 0.05) is 17.8 Å². The van der Waals surface area contributed by atoms with E-state index in [4.69, 9.17) is 0 Å². The summed E-state index contributed by atoms with van der Waals surface area (Å²) in [6, 6.07) is 6.25. The van der Waals surface area contributed by atoms with Crippen LogP contribution in [0.1, 0.15) is 13.3 Å². The molecule has 1 aliphatic rings. The van der Waals surface area contributed by atoms with Crippen molar-refractivity contribution in [3.8, 4) is 0 Å². The van der Waals surface area contributed by atoms with Crippen molar-refractivity contribution < 1.29 is 4.92 Å². The monoisotopic (exact) mass is 228 g/mol. The molecule has 0 atom stereocenters. The van der Waals surface area contributed by atoms with Crippen molar-refractivity contribution in [2.24, 2.45) is 4.99 Å². The van der Waals surface area contributed by atoms with Crippen molar-refractivity contribution in [1.82, 2.24) is 0 Å². The van der Waals surface area contributed by atoms with Crippen LogP contribution in [-0.4, -0.2) is 10.6 Å². The molecule has 0 aliphatic heterocycles. The molecule has 0 radical (unpaired) electrons. The van der Waals surface area contributed by atoms with Gasteiger partial charge in [-0.15, -0.1) is 0 Å². The maximum absolute atomic E-state index is 10.5. The van der Waals surface area contributed by atoms with Crippen LogP contribution in [0.5, 0.6) is 0 Å². The average Bonchev–Trinajstić information content (AvgIpc) is 2.83. The third-order valence-electron chi connectivity index (χ3n) is 2.59. The van der Waals surface area contributed by atoms with Gasteiger partial charge in [0.05, 0.1) is 10.6 Å². The fraction of sp³-hybridized carbons (Fsp3) is 0.154. The maximum atomic E-state index is 10.5. The quantitative estimate of drug-likeness (QED) is 0.451. The highest BCUT2D eigenvalue weighted by atomic mass is 16.6. The zero-order chi connectivity index (χ0) is 12.3. The molecule has 0 unspecified atom stereocenters. The van der Waals surface area contributed by atoms with Crippen molar-refractivity contribution in [3.63, 3.8) is 0 Å². The molecular weight excluding hydrogens is 216 g/mol. The fourth-order valence-corrected chi connectivity index (χ4v) is 1.63. The first-order valence-corrected chi connectivity index (χ1v) is 5.32. The Labute approximate surface area is 99.1 Å². The van der Waals surface area contributed by atoms with Crippen LogP contribution in [0, 0.1) is 10.1 Å². The van der Waals surface area contributed by atoms with Gasteiger partial charge in [0.2, 0.25) is 0 Å². The summed E-state index contributed by atoms with van der Waals surface area (Å²) in [5.74, 6) is 0. The highest BCUT2D eigenvalue weighted by molar-refractivity contribution is 6.00. The number of allylic oxidation sites excluding steroid dienone is 4. The van der Waals surface area contributed by atoms with Crippen LogP contribution >= 0.6 is 0 Å². The minimum atomic E-state index is -0.413. The Morgan fingerprint density at radius 2 is 2.06 bits per heavy atom. The molecule has 0 amide bonds. The summed E-state index contributed by atoms with van der Waals surface area (Å²) < 4.78 is 0. The molecule has 2 rings (SSSR count). The summed E-state index contributed by atoms with van der Waals surface area (Å²) in [4.78, 5) is 14.5. The Morgan fingerprint density at radius 1 is 1.35 bits per heavy atom. The predicted molar refractivity (Wildman–Crippen MR) is 67.7 cm³/mol. The van der Waals surface area contributed by atoms with Gasteiger partial charge in [-0.25, -0.2) is 0 Å². The zero-order valence-electron chi connectivity index (χ0n) is 9.46. The lowest BCUT2D eigenvalue weighted by Gasteiger charge is -2.01. The van der Waals surface area contributed by atoms with E-state index >= 15 is 0 Å². The third kappa shape index (κ3) is 2.66. The second-order valence-corrected chi connectivity index (χ2v) is 3.79. The van der Waals surface area contributed by atoms with Crippen LogP contribution in [0.4, 0.5) is 11.4 Å². The first kappa shape index (κ1) is 11.3. The first-order chi connectivity index (χ1) is 8.16. The number of nitro benzene ring substituents is 1. The van der Waals surface area contributed by atoms with E-state index in [1.807, 2.05) is 19.1 Å². The molecule has 0 aromatic heterocycles. The van der Waals surface area contributed by atoms with Gasteiger partial charge >= 0.3 is 0 Å². The third-order valence-corrected chi connectivity index (χ3v) is 2.59. The molecule has 0 N–H and O–H groups in total. The molecule has 0 bridgehead atoms. The van der Waals surface area contributed by atoms with Crippen LogP contribution in [0.15, 0.2) is 53.1 Å². The van der Waals surface area contributed by atoms with Gasteiger partial charge in [-0.1, -0.05) is 18.2 Å². The Bertz CT molecular complexity index is 525. The number of rotatable bonds is 3. The fourth-order valence-electron chi connectivity index (χ4n) is 1.63. The lowest BCUT2D eigenvalue weighted by Crippen LogP contribution is -1.93. The van der Waals surface area contributed by atoms with Crippen LogP contribution in [0.2, 0.25) is 0 Å². The summed E-state index contributed by atoms with van der Waals surface area (Å²) in [7, 11) is 0. The van der Waals surface area contributed by atoms with Crippen LogP contribution in [-0.2, 0) is 0 Å². The number of non-ortho nitro benzene ring substituents is 1. The van der Waals surface area contributed by atoms with E-state index < -0.39 is 4.92 Å². The van der Waals surface area contributed by atoms with Gasteiger partial charge in [-0.05, 0) is 31.1 Å². The number of nitrogens with zero attached hydrogens (tertiary/aromatic N) is 2. The van der Waals surface area contributed by atoms with E-state index in [9.17, 15) is 10.1 Å². The molecule has 1 aliphatic carbocycles. The Kier molecular flexibility index (Phi) is 3.14. The average molecular weight is 228 g/mol. The van der Waals surface area contributed by atoms with E-state index in [1.54, 1.807) is 12.1 Å². The largest absolute Gasteiger partial charge is 0.269 e. The zero-order valence-corrected chi connectivity index (χ0v) is 9.46. The molecule has 0 heterocycles. The first-order valence-electron chi connectivity index (χ1n) is 5.32. The van der Waals surface area contributed by atoms with Gasteiger partial charge in [0.25, 0.3) is 5.69 Å².